The lowest BCUT2D eigenvalue weighted by atomic mass is 10.1. The molecule has 0 saturated heterocycles. The summed E-state index contributed by atoms with van der Waals surface area (Å²) in [6, 6.07) is 2.67. The molecule has 2 aromatic heterocycles. The van der Waals surface area contributed by atoms with Gasteiger partial charge in [0.2, 0.25) is 0 Å². The van der Waals surface area contributed by atoms with Gasteiger partial charge in [0.05, 0.1) is 6.54 Å². The number of hydrogen-bond acceptors (Lipinski definition) is 3. The van der Waals surface area contributed by atoms with E-state index in [4.69, 9.17) is 0 Å². The van der Waals surface area contributed by atoms with Crippen molar-refractivity contribution >= 4 is 0 Å². The van der Waals surface area contributed by atoms with E-state index in [1.54, 1.807) is 6.33 Å². The normalized spacial score (nSPS) is 12.8. The predicted molar refractivity (Wildman–Crippen MR) is 80.5 cm³/mol. The average Bonchev–Trinajstić information content (AvgIpc) is 3.05. The lowest BCUT2D eigenvalue weighted by Crippen LogP contribution is -2.21. The van der Waals surface area contributed by atoms with Gasteiger partial charge in [-0.3, -0.25) is 4.68 Å². The largest absolute Gasteiger partial charge is 0.346 e. The van der Waals surface area contributed by atoms with Gasteiger partial charge in [-0.15, -0.1) is 0 Å². The molecule has 0 aliphatic heterocycles. The zero-order valence-corrected chi connectivity index (χ0v) is 12.7. The smallest absolute Gasteiger partial charge is 0.146 e. The van der Waals surface area contributed by atoms with Crippen molar-refractivity contribution in [3.8, 4) is 0 Å². The first-order valence-corrected chi connectivity index (χ1v) is 7.46. The molecule has 2 heterocycles. The monoisotopic (exact) mass is 275 g/mol. The summed E-state index contributed by atoms with van der Waals surface area (Å²) in [5, 5.41) is 7.73. The van der Waals surface area contributed by atoms with Gasteiger partial charge < -0.3 is 9.88 Å². The Hall–Kier alpha value is -1.62. The van der Waals surface area contributed by atoms with Crippen molar-refractivity contribution in [2.45, 2.75) is 45.7 Å². The van der Waals surface area contributed by atoms with Crippen LogP contribution in [0.4, 0.5) is 0 Å². The number of nitrogens with zero attached hydrogens (tertiary/aromatic N) is 4. The van der Waals surface area contributed by atoms with Crippen molar-refractivity contribution in [2.24, 2.45) is 7.05 Å². The first-order chi connectivity index (χ1) is 9.74. The van der Waals surface area contributed by atoms with Crippen molar-refractivity contribution in [3.05, 3.63) is 36.2 Å². The van der Waals surface area contributed by atoms with Crippen molar-refractivity contribution in [2.75, 3.05) is 6.54 Å². The van der Waals surface area contributed by atoms with Crippen LogP contribution in [0.1, 0.15) is 50.5 Å². The van der Waals surface area contributed by atoms with Crippen molar-refractivity contribution in [1.29, 1.82) is 0 Å². The number of aryl methyl sites for hydroxylation is 1. The van der Waals surface area contributed by atoms with Gasteiger partial charge in [-0.05, 0) is 31.0 Å². The van der Waals surface area contributed by atoms with E-state index in [-0.39, 0.29) is 0 Å². The molecule has 0 spiro atoms. The lowest BCUT2D eigenvalue weighted by Gasteiger charge is -2.16. The third-order valence-electron chi connectivity index (χ3n) is 3.52. The molecule has 1 atom stereocenters. The topological polar surface area (TPSA) is 47.7 Å². The summed E-state index contributed by atoms with van der Waals surface area (Å²) in [5.74, 6) is 0.973. The standard InChI is InChI=1S/C15H25N5/c1-4-6-14(16-8-5-2)13-7-9-20(10-13)11-15-17-12-18-19(15)3/h7,9-10,12,14,16H,4-6,8,11H2,1-3H3. The van der Waals surface area contributed by atoms with Gasteiger partial charge in [-0.2, -0.15) is 5.10 Å². The molecule has 2 rings (SSSR count). The zero-order chi connectivity index (χ0) is 14.4. The summed E-state index contributed by atoms with van der Waals surface area (Å²) >= 11 is 0. The molecule has 5 nitrogen and oxygen atoms in total. The summed E-state index contributed by atoms with van der Waals surface area (Å²) < 4.78 is 3.99. The van der Waals surface area contributed by atoms with Crippen LogP contribution in [0.5, 0.6) is 0 Å². The molecule has 0 saturated carbocycles. The van der Waals surface area contributed by atoms with Crippen molar-refractivity contribution in [3.63, 3.8) is 0 Å². The highest BCUT2D eigenvalue weighted by Gasteiger charge is 2.11. The molecule has 0 aliphatic carbocycles. The third kappa shape index (κ3) is 3.70. The minimum absolute atomic E-state index is 0.459. The fourth-order valence-electron chi connectivity index (χ4n) is 2.38. The van der Waals surface area contributed by atoms with Gasteiger partial charge in [0.1, 0.15) is 12.2 Å². The van der Waals surface area contributed by atoms with Crippen LogP contribution in [0.25, 0.3) is 0 Å². The molecule has 2 aromatic rings. The van der Waals surface area contributed by atoms with Gasteiger partial charge >= 0.3 is 0 Å². The Morgan fingerprint density at radius 3 is 2.80 bits per heavy atom. The molecule has 1 N–H and O–H groups in total. The maximum absolute atomic E-state index is 4.27. The second-order valence-corrected chi connectivity index (χ2v) is 5.21. The SMILES string of the molecule is CCCNC(CCC)c1ccn(Cc2ncnn2C)c1. The Morgan fingerprint density at radius 2 is 2.15 bits per heavy atom. The quantitative estimate of drug-likeness (QED) is 0.805. The molecule has 5 heteroatoms. The van der Waals surface area contributed by atoms with E-state index >= 15 is 0 Å². The van der Waals surface area contributed by atoms with E-state index < -0.39 is 0 Å². The first kappa shape index (κ1) is 14.8. The van der Waals surface area contributed by atoms with Crippen LogP contribution in [-0.4, -0.2) is 25.9 Å². The molecular weight excluding hydrogens is 250 g/mol. The Labute approximate surface area is 121 Å². The van der Waals surface area contributed by atoms with Crippen LogP contribution in [0.2, 0.25) is 0 Å². The zero-order valence-electron chi connectivity index (χ0n) is 12.7. The van der Waals surface area contributed by atoms with Crippen LogP contribution >= 0.6 is 0 Å². The summed E-state index contributed by atoms with van der Waals surface area (Å²) in [7, 11) is 1.93. The van der Waals surface area contributed by atoms with E-state index in [1.165, 1.54) is 24.8 Å². The van der Waals surface area contributed by atoms with Gasteiger partial charge in [-0.25, -0.2) is 4.98 Å². The number of rotatable bonds is 8. The van der Waals surface area contributed by atoms with Crippen LogP contribution in [0.15, 0.2) is 24.8 Å². The number of aromatic nitrogens is 4. The van der Waals surface area contributed by atoms with E-state index in [0.717, 1.165) is 18.9 Å². The van der Waals surface area contributed by atoms with E-state index in [1.807, 2.05) is 11.7 Å². The van der Waals surface area contributed by atoms with Gasteiger partial charge in [-0.1, -0.05) is 20.3 Å². The Bertz CT molecular complexity index is 514. The van der Waals surface area contributed by atoms with Crippen molar-refractivity contribution in [1.82, 2.24) is 24.6 Å². The minimum Gasteiger partial charge on any atom is -0.346 e. The minimum atomic E-state index is 0.459. The molecule has 20 heavy (non-hydrogen) atoms. The summed E-state index contributed by atoms with van der Waals surface area (Å²) in [4.78, 5) is 4.27. The molecule has 0 fully saturated rings. The molecule has 110 valence electrons. The number of hydrogen-bond donors (Lipinski definition) is 1. The van der Waals surface area contributed by atoms with E-state index in [0.29, 0.717) is 6.04 Å². The van der Waals surface area contributed by atoms with Crippen LogP contribution in [-0.2, 0) is 13.6 Å². The fraction of sp³-hybridized carbons (Fsp3) is 0.600. The predicted octanol–water partition coefficient (Wildman–Crippen LogP) is 2.51. The van der Waals surface area contributed by atoms with Crippen LogP contribution in [0.3, 0.4) is 0 Å². The maximum Gasteiger partial charge on any atom is 0.146 e. The summed E-state index contributed by atoms with van der Waals surface area (Å²) in [6.45, 7) is 6.27. The van der Waals surface area contributed by atoms with Gasteiger partial charge in [0.15, 0.2) is 0 Å². The molecular formula is C15H25N5. The Morgan fingerprint density at radius 1 is 1.30 bits per heavy atom. The van der Waals surface area contributed by atoms with Gasteiger partial charge in [0.25, 0.3) is 0 Å². The summed E-state index contributed by atoms with van der Waals surface area (Å²) in [5.41, 5.74) is 1.36. The van der Waals surface area contributed by atoms with E-state index in [9.17, 15) is 0 Å². The Kier molecular flexibility index (Phi) is 5.35. The molecule has 0 amide bonds. The summed E-state index contributed by atoms with van der Waals surface area (Å²) in [6.07, 6.45) is 9.48. The van der Waals surface area contributed by atoms with E-state index in [2.05, 4.69) is 52.3 Å². The maximum atomic E-state index is 4.27. The van der Waals surface area contributed by atoms with Crippen LogP contribution < -0.4 is 5.32 Å². The van der Waals surface area contributed by atoms with Crippen LogP contribution in [0, 0.1) is 0 Å². The molecule has 0 aromatic carbocycles. The van der Waals surface area contributed by atoms with Gasteiger partial charge in [0, 0.05) is 25.5 Å². The highest BCUT2D eigenvalue weighted by Crippen LogP contribution is 2.19. The fourth-order valence-corrected chi connectivity index (χ4v) is 2.38. The highest BCUT2D eigenvalue weighted by atomic mass is 15.3. The highest BCUT2D eigenvalue weighted by molar-refractivity contribution is 5.16. The average molecular weight is 275 g/mol. The Balaban J connectivity index is 2.04. The second kappa shape index (κ2) is 7.24. The molecule has 0 radical (unpaired) electrons. The third-order valence-corrected chi connectivity index (χ3v) is 3.52. The lowest BCUT2D eigenvalue weighted by molar-refractivity contribution is 0.493. The first-order valence-electron chi connectivity index (χ1n) is 7.46. The molecule has 0 bridgehead atoms. The van der Waals surface area contributed by atoms with Crippen molar-refractivity contribution < 1.29 is 0 Å². The molecule has 1 unspecified atom stereocenters. The second-order valence-electron chi connectivity index (χ2n) is 5.21. The molecule has 0 aliphatic rings. The number of nitrogens with one attached hydrogen (secondary N) is 1.